The van der Waals surface area contributed by atoms with Gasteiger partial charge in [-0.3, -0.25) is 4.79 Å². The predicted octanol–water partition coefficient (Wildman–Crippen LogP) is 5.90. The molecule has 0 fully saturated rings. The standard InChI is InChI=1S/C19H37NO/c1-3-4-5-6-9-12-15-18(2)16-13-10-7-8-11-14-17-19(20)21/h2-17H2,1H3,(H2,20,21). The van der Waals surface area contributed by atoms with Gasteiger partial charge < -0.3 is 5.73 Å². The molecule has 0 aromatic rings. The van der Waals surface area contributed by atoms with Crippen molar-refractivity contribution in [3.05, 3.63) is 12.2 Å². The van der Waals surface area contributed by atoms with Crippen LogP contribution in [0, 0.1) is 0 Å². The van der Waals surface area contributed by atoms with Crippen molar-refractivity contribution < 1.29 is 4.79 Å². The number of allylic oxidation sites excluding steroid dienone is 1. The van der Waals surface area contributed by atoms with E-state index in [1.807, 2.05) is 0 Å². The highest BCUT2D eigenvalue weighted by Crippen LogP contribution is 2.16. The molecule has 124 valence electrons. The van der Waals surface area contributed by atoms with Gasteiger partial charge in [-0.25, -0.2) is 0 Å². The van der Waals surface area contributed by atoms with Crippen molar-refractivity contribution in [2.45, 2.75) is 103 Å². The zero-order valence-corrected chi connectivity index (χ0v) is 14.3. The van der Waals surface area contributed by atoms with Crippen LogP contribution in [0.4, 0.5) is 0 Å². The van der Waals surface area contributed by atoms with Crippen LogP contribution in [0.1, 0.15) is 103 Å². The summed E-state index contributed by atoms with van der Waals surface area (Å²) in [7, 11) is 0. The Bertz CT molecular complexity index is 260. The van der Waals surface area contributed by atoms with Crippen LogP contribution < -0.4 is 5.73 Å². The van der Waals surface area contributed by atoms with Gasteiger partial charge in [0.25, 0.3) is 0 Å². The highest BCUT2D eigenvalue weighted by atomic mass is 16.1. The normalized spacial score (nSPS) is 10.7. The minimum Gasteiger partial charge on any atom is -0.370 e. The fourth-order valence-electron chi connectivity index (χ4n) is 2.66. The van der Waals surface area contributed by atoms with Crippen molar-refractivity contribution in [3.63, 3.8) is 0 Å². The Labute approximate surface area is 132 Å². The smallest absolute Gasteiger partial charge is 0.217 e. The molecule has 0 aliphatic carbocycles. The molecule has 2 heteroatoms. The fraction of sp³-hybridized carbons (Fsp3) is 0.842. The number of amides is 1. The molecule has 2 nitrogen and oxygen atoms in total. The Kier molecular flexibility index (Phi) is 15.0. The number of hydrogen-bond acceptors (Lipinski definition) is 1. The monoisotopic (exact) mass is 295 g/mol. The van der Waals surface area contributed by atoms with E-state index in [4.69, 9.17) is 5.73 Å². The van der Waals surface area contributed by atoms with E-state index in [1.54, 1.807) is 0 Å². The Hall–Kier alpha value is -0.790. The van der Waals surface area contributed by atoms with E-state index in [1.165, 1.54) is 82.6 Å². The summed E-state index contributed by atoms with van der Waals surface area (Å²) >= 11 is 0. The first-order valence-electron chi connectivity index (χ1n) is 9.11. The Balaban J connectivity index is 3.17. The minimum absolute atomic E-state index is 0.166. The lowest BCUT2D eigenvalue weighted by Crippen LogP contribution is -2.09. The van der Waals surface area contributed by atoms with Crippen molar-refractivity contribution >= 4 is 5.91 Å². The maximum atomic E-state index is 10.6. The first kappa shape index (κ1) is 20.2. The second-order valence-corrected chi connectivity index (χ2v) is 6.36. The van der Waals surface area contributed by atoms with Crippen molar-refractivity contribution in [2.24, 2.45) is 5.73 Å². The Morgan fingerprint density at radius 3 is 1.52 bits per heavy atom. The first-order chi connectivity index (χ1) is 10.2. The number of rotatable bonds is 16. The van der Waals surface area contributed by atoms with Crippen molar-refractivity contribution in [1.29, 1.82) is 0 Å². The highest BCUT2D eigenvalue weighted by Gasteiger charge is 1.98. The van der Waals surface area contributed by atoms with E-state index in [2.05, 4.69) is 13.5 Å². The molecule has 0 radical (unpaired) electrons. The summed E-state index contributed by atoms with van der Waals surface area (Å²) in [6.45, 7) is 6.47. The van der Waals surface area contributed by atoms with E-state index < -0.39 is 0 Å². The minimum atomic E-state index is -0.166. The lowest BCUT2D eigenvalue weighted by Gasteiger charge is -2.06. The van der Waals surface area contributed by atoms with Crippen molar-refractivity contribution in [2.75, 3.05) is 0 Å². The number of primary amides is 1. The van der Waals surface area contributed by atoms with Crippen LogP contribution in [-0.2, 0) is 4.79 Å². The third kappa shape index (κ3) is 17.2. The third-order valence-corrected chi connectivity index (χ3v) is 4.09. The van der Waals surface area contributed by atoms with Crippen LogP contribution in [0.5, 0.6) is 0 Å². The van der Waals surface area contributed by atoms with Crippen LogP contribution in [0.25, 0.3) is 0 Å². The highest BCUT2D eigenvalue weighted by molar-refractivity contribution is 5.73. The Morgan fingerprint density at radius 2 is 1.10 bits per heavy atom. The van der Waals surface area contributed by atoms with Gasteiger partial charge in [-0.05, 0) is 32.1 Å². The SMILES string of the molecule is C=C(CCCCCCCC)CCCCCCCCC(N)=O. The summed E-state index contributed by atoms with van der Waals surface area (Å²) in [5.74, 6) is -0.166. The van der Waals surface area contributed by atoms with E-state index >= 15 is 0 Å². The van der Waals surface area contributed by atoms with Gasteiger partial charge in [-0.15, -0.1) is 0 Å². The summed E-state index contributed by atoms with van der Waals surface area (Å²) in [4.78, 5) is 10.6. The maximum absolute atomic E-state index is 10.6. The molecule has 0 heterocycles. The summed E-state index contributed by atoms with van der Waals surface area (Å²) in [5.41, 5.74) is 6.56. The average molecular weight is 296 g/mol. The molecule has 2 N–H and O–H groups in total. The summed E-state index contributed by atoms with van der Waals surface area (Å²) in [5, 5.41) is 0. The molecule has 0 aliphatic rings. The van der Waals surface area contributed by atoms with Gasteiger partial charge in [0.1, 0.15) is 0 Å². The average Bonchev–Trinajstić information content (AvgIpc) is 2.45. The van der Waals surface area contributed by atoms with E-state index in [0.29, 0.717) is 6.42 Å². The zero-order valence-electron chi connectivity index (χ0n) is 14.3. The van der Waals surface area contributed by atoms with Gasteiger partial charge in [-0.1, -0.05) is 76.9 Å². The number of carbonyl (C=O) groups is 1. The molecule has 0 atom stereocenters. The summed E-state index contributed by atoms with van der Waals surface area (Å²) in [6.07, 6.45) is 18.4. The molecule has 0 saturated carbocycles. The van der Waals surface area contributed by atoms with Crippen LogP contribution in [0.3, 0.4) is 0 Å². The summed E-state index contributed by atoms with van der Waals surface area (Å²) in [6, 6.07) is 0. The molecular formula is C19H37NO. The topological polar surface area (TPSA) is 43.1 Å². The molecule has 0 aliphatic heterocycles. The van der Waals surface area contributed by atoms with Gasteiger partial charge in [0.15, 0.2) is 0 Å². The molecule has 0 rings (SSSR count). The molecule has 21 heavy (non-hydrogen) atoms. The molecule has 0 aromatic heterocycles. The van der Waals surface area contributed by atoms with Gasteiger partial charge in [-0.2, -0.15) is 0 Å². The number of unbranched alkanes of at least 4 members (excludes halogenated alkanes) is 10. The second-order valence-electron chi connectivity index (χ2n) is 6.36. The second kappa shape index (κ2) is 15.6. The molecule has 1 amide bonds. The zero-order chi connectivity index (χ0) is 15.8. The predicted molar refractivity (Wildman–Crippen MR) is 93.3 cm³/mol. The van der Waals surface area contributed by atoms with Gasteiger partial charge in [0.2, 0.25) is 5.91 Å². The molecule has 0 saturated heterocycles. The van der Waals surface area contributed by atoms with Crippen molar-refractivity contribution in [3.8, 4) is 0 Å². The lowest BCUT2D eigenvalue weighted by atomic mass is 10.0. The van der Waals surface area contributed by atoms with Gasteiger partial charge in [0.05, 0.1) is 0 Å². The third-order valence-electron chi connectivity index (χ3n) is 4.09. The molecule has 0 unspecified atom stereocenters. The van der Waals surface area contributed by atoms with Crippen molar-refractivity contribution in [1.82, 2.24) is 0 Å². The quantitative estimate of drug-likeness (QED) is 0.279. The van der Waals surface area contributed by atoms with E-state index in [0.717, 1.165) is 12.8 Å². The van der Waals surface area contributed by atoms with Crippen LogP contribution in [0.2, 0.25) is 0 Å². The molecule has 0 spiro atoms. The Morgan fingerprint density at radius 1 is 0.714 bits per heavy atom. The molecule has 0 aromatic carbocycles. The number of nitrogens with two attached hydrogens (primary N) is 1. The molecular weight excluding hydrogens is 258 g/mol. The van der Waals surface area contributed by atoms with E-state index in [-0.39, 0.29) is 5.91 Å². The van der Waals surface area contributed by atoms with Gasteiger partial charge >= 0.3 is 0 Å². The van der Waals surface area contributed by atoms with Crippen LogP contribution in [0.15, 0.2) is 12.2 Å². The lowest BCUT2D eigenvalue weighted by molar-refractivity contribution is -0.118. The fourth-order valence-corrected chi connectivity index (χ4v) is 2.66. The van der Waals surface area contributed by atoms with Gasteiger partial charge in [0, 0.05) is 6.42 Å². The number of hydrogen-bond donors (Lipinski definition) is 1. The molecule has 0 bridgehead atoms. The summed E-state index contributed by atoms with van der Waals surface area (Å²) < 4.78 is 0. The van der Waals surface area contributed by atoms with Crippen LogP contribution >= 0.6 is 0 Å². The first-order valence-corrected chi connectivity index (χ1v) is 9.11. The maximum Gasteiger partial charge on any atom is 0.217 e. The number of carbonyl (C=O) groups excluding carboxylic acids is 1. The largest absolute Gasteiger partial charge is 0.370 e. The van der Waals surface area contributed by atoms with E-state index in [9.17, 15) is 4.79 Å². The van der Waals surface area contributed by atoms with Crippen LogP contribution in [-0.4, -0.2) is 5.91 Å².